The van der Waals surface area contributed by atoms with Crippen molar-refractivity contribution in [3.05, 3.63) is 0 Å². The molecule has 0 aromatic heterocycles. The molecule has 0 saturated heterocycles. The van der Waals surface area contributed by atoms with Crippen molar-refractivity contribution in [3.8, 4) is 0 Å². The number of rotatable bonds is 10. The van der Waals surface area contributed by atoms with Gasteiger partial charge >= 0.3 is 18.2 Å². The van der Waals surface area contributed by atoms with Crippen molar-refractivity contribution in [2.75, 3.05) is 33.8 Å². The highest BCUT2D eigenvalue weighted by molar-refractivity contribution is 5.81. The average Bonchev–Trinajstić information content (AvgIpc) is 2.55. The molecule has 0 aliphatic rings. The average molecular weight is 418 g/mol. The van der Waals surface area contributed by atoms with E-state index in [9.17, 15) is 14.4 Å². The van der Waals surface area contributed by atoms with Crippen molar-refractivity contribution in [1.29, 1.82) is 0 Å². The topological polar surface area (TPSA) is 106 Å². The Morgan fingerprint density at radius 2 is 1.52 bits per heavy atom. The van der Waals surface area contributed by atoms with E-state index < -0.39 is 29.3 Å². The van der Waals surface area contributed by atoms with Gasteiger partial charge in [0.2, 0.25) is 0 Å². The van der Waals surface area contributed by atoms with Crippen molar-refractivity contribution in [1.82, 2.24) is 15.5 Å². The van der Waals surface area contributed by atoms with Crippen LogP contribution in [0.4, 0.5) is 9.59 Å². The molecule has 0 aromatic rings. The minimum absolute atomic E-state index is 0.353. The highest BCUT2D eigenvalue weighted by Crippen LogP contribution is 2.10. The molecule has 1 unspecified atom stereocenters. The summed E-state index contributed by atoms with van der Waals surface area (Å²) in [7, 11) is 2.98. The number of unbranched alkanes of at least 4 members (excludes halogenated alkanes) is 1. The Bertz CT molecular complexity index is 525. The summed E-state index contributed by atoms with van der Waals surface area (Å²) < 4.78 is 15.2. The number of esters is 1. The molecular weight excluding hydrogens is 378 g/mol. The van der Waals surface area contributed by atoms with E-state index in [1.54, 1.807) is 27.8 Å². The third-order valence-corrected chi connectivity index (χ3v) is 3.60. The van der Waals surface area contributed by atoms with Crippen LogP contribution in [0.3, 0.4) is 0 Å². The van der Waals surface area contributed by atoms with E-state index in [0.29, 0.717) is 25.9 Å². The molecule has 2 N–H and O–H groups in total. The molecule has 9 nitrogen and oxygen atoms in total. The van der Waals surface area contributed by atoms with Gasteiger partial charge in [0, 0.05) is 20.1 Å². The first kappa shape index (κ1) is 27.0. The van der Waals surface area contributed by atoms with E-state index in [0.717, 1.165) is 13.0 Å². The van der Waals surface area contributed by atoms with Crippen molar-refractivity contribution in [3.63, 3.8) is 0 Å². The molecule has 0 spiro atoms. The van der Waals surface area contributed by atoms with Crippen LogP contribution in [0.5, 0.6) is 0 Å². The van der Waals surface area contributed by atoms with Gasteiger partial charge in [-0.05, 0) is 67.3 Å². The predicted octanol–water partition coefficient (Wildman–Crippen LogP) is 2.68. The van der Waals surface area contributed by atoms with Crippen molar-refractivity contribution in [2.45, 2.75) is 78.0 Å². The van der Waals surface area contributed by atoms with E-state index in [1.807, 2.05) is 20.8 Å². The summed E-state index contributed by atoms with van der Waals surface area (Å²) in [5, 5.41) is 5.80. The lowest BCUT2D eigenvalue weighted by Crippen LogP contribution is -2.44. The Labute approximate surface area is 174 Å². The summed E-state index contributed by atoms with van der Waals surface area (Å²) in [4.78, 5) is 37.1. The molecule has 29 heavy (non-hydrogen) atoms. The minimum atomic E-state index is -0.742. The molecule has 0 aliphatic heterocycles. The minimum Gasteiger partial charge on any atom is -0.467 e. The first-order valence-electron chi connectivity index (χ1n) is 9.97. The lowest BCUT2D eigenvalue weighted by molar-refractivity contribution is -0.143. The highest BCUT2D eigenvalue weighted by Gasteiger charge is 2.24. The summed E-state index contributed by atoms with van der Waals surface area (Å²) in [6.07, 6.45) is 0.972. The number of nitrogens with zero attached hydrogens (tertiary/aromatic N) is 1. The lowest BCUT2D eigenvalue weighted by atomic mass is 10.1. The second-order valence-corrected chi connectivity index (χ2v) is 8.87. The molecule has 0 aliphatic carbocycles. The Balaban J connectivity index is 4.11. The van der Waals surface area contributed by atoms with Gasteiger partial charge in [0.15, 0.2) is 0 Å². The molecule has 9 heteroatoms. The normalized spacial score (nSPS) is 12.7. The van der Waals surface area contributed by atoms with E-state index in [1.165, 1.54) is 12.0 Å². The second-order valence-electron chi connectivity index (χ2n) is 8.87. The standard InChI is InChI=1S/C20H39N3O6/c1-19(2,3)28-17(25)22-15(16(24)27-8)11-9-10-12-21-13-14-23(7)18(26)29-20(4,5)6/h15,21H,9-14H2,1-8H3,(H,22,25). The summed E-state index contributed by atoms with van der Waals surface area (Å²) in [5.41, 5.74) is -1.15. The van der Waals surface area contributed by atoms with Crippen molar-refractivity contribution in [2.24, 2.45) is 0 Å². The quantitative estimate of drug-likeness (QED) is 0.320. The molecule has 170 valence electrons. The van der Waals surface area contributed by atoms with Crippen molar-refractivity contribution >= 4 is 18.2 Å². The van der Waals surface area contributed by atoms with Crippen LogP contribution in [0.15, 0.2) is 0 Å². The number of carbonyl (C=O) groups is 3. The van der Waals surface area contributed by atoms with Gasteiger partial charge in [0.05, 0.1) is 7.11 Å². The second kappa shape index (κ2) is 12.5. The number of amides is 2. The summed E-state index contributed by atoms with van der Waals surface area (Å²) in [5.74, 6) is -0.497. The molecule has 0 aromatic carbocycles. The maximum absolute atomic E-state index is 11.9. The number of hydrogen-bond donors (Lipinski definition) is 2. The third-order valence-electron chi connectivity index (χ3n) is 3.60. The van der Waals surface area contributed by atoms with Crippen LogP contribution in [-0.2, 0) is 19.0 Å². The summed E-state index contributed by atoms with van der Waals surface area (Å²) >= 11 is 0. The van der Waals surface area contributed by atoms with Crippen LogP contribution in [0.2, 0.25) is 0 Å². The zero-order valence-corrected chi connectivity index (χ0v) is 19.2. The van der Waals surface area contributed by atoms with Gasteiger partial charge in [-0.25, -0.2) is 14.4 Å². The van der Waals surface area contributed by atoms with Crippen LogP contribution >= 0.6 is 0 Å². The third kappa shape index (κ3) is 14.6. The number of ether oxygens (including phenoxy) is 3. The summed E-state index contributed by atoms with van der Waals surface area (Å²) in [6.45, 7) is 12.6. The van der Waals surface area contributed by atoms with Gasteiger partial charge in [-0.2, -0.15) is 0 Å². The van der Waals surface area contributed by atoms with Gasteiger partial charge in [0.1, 0.15) is 17.2 Å². The molecule has 0 fully saturated rings. The molecule has 0 radical (unpaired) electrons. The molecule has 0 saturated carbocycles. The molecule has 1 atom stereocenters. The Kier molecular flexibility index (Phi) is 11.6. The first-order valence-corrected chi connectivity index (χ1v) is 9.97. The van der Waals surface area contributed by atoms with Crippen LogP contribution < -0.4 is 10.6 Å². The number of nitrogens with one attached hydrogen (secondary N) is 2. The number of hydrogen-bond acceptors (Lipinski definition) is 7. The Hall–Kier alpha value is -2.03. The van der Waals surface area contributed by atoms with Gasteiger partial charge in [-0.3, -0.25) is 0 Å². The van der Waals surface area contributed by atoms with E-state index in [4.69, 9.17) is 14.2 Å². The zero-order chi connectivity index (χ0) is 22.7. The maximum atomic E-state index is 11.9. The lowest BCUT2D eigenvalue weighted by Gasteiger charge is -2.24. The van der Waals surface area contributed by atoms with Crippen LogP contribution in [0.25, 0.3) is 0 Å². The Morgan fingerprint density at radius 1 is 0.931 bits per heavy atom. The number of likely N-dealkylation sites (N-methyl/N-ethyl adjacent to an activating group) is 1. The fraction of sp³-hybridized carbons (Fsp3) is 0.850. The molecule has 0 heterocycles. The smallest absolute Gasteiger partial charge is 0.410 e. The fourth-order valence-corrected chi connectivity index (χ4v) is 2.24. The molecular formula is C20H39N3O6. The summed E-state index contributed by atoms with van der Waals surface area (Å²) in [6, 6.07) is -0.742. The fourth-order valence-electron chi connectivity index (χ4n) is 2.24. The maximum Gasteiger partial charge on any atom is 0.410 e. The SMILES string of the molecule is COC(=O)C(CCCCNCCN(C)C(=O)OC(C)(C)C)NC(=O)OC(C)(C)C. The van der Waals surface area contributed by atoms with Gasteiger partial charge in [0.25, 0.3) is 0 Å². The number of carbonyl (C=O) groups excluding carboxylic acids is 3. The van der Waals surface area contributed by atoms with E-state index >= 15 is 0 Å². The highest BCUT2D eigenvalue weighted by atomic mass is 16.6. The van der Waals surface area contributed by atoms with E-state index in [-0.39, 0.29) is 6.09 Å². The molecule has 0 rings (SSSR count). The first-order chi connectivity index (χ1) is 13.2. The van der Waals surface area contributed by atoms with E-state index in [2.05, 4.69) is 10.6 Å². The van der Waals surface area contributed by atoms with Crippen LogP contribution in [0.1, 0.15) is 60.8 Å². The van der Waals surface area contributed by atoms with Crippen LogP contribution in [0, 0.1) is 0 Å². The van der Waals surface area contributed by atoms with Crippen molar-refractivity contribution < 1.29 is 28.6 Å². The largest absolute Gasteiger partial charge is 0.467 e. The molecule has 2 amide bonds. The predicted molar refractivity (Wildman–Crippen MR) is 111 cm³/mol. The van der Waals surface area contributed by atoms with Gasteiger partial charge < -0.3 is 29.7 Å². The number of methoxy groups -OCH3 is 1. The Morgan fingerprint density at radius 3 is 2.03 bits per heavy atom. The van der Waals surface area contributed by atoms with Crippen LogP contribution in [-0.4, -0.2) is 74.1 Å². The molecule has 0 bridgehead atoms. The monoisotopic (exact) mass is 417 g/mol. The number of alkyl carbamates (subject to hydrolysis) is 1. The van der Waals surface area contributed by atoms with Gasteiger partial charge in [-0.15, -0.1) is 0 Å². The zero-order valence-electron chi connectivity index (χ0n) is 19.2. The van der Waals surface area contributed by atoms with Gasteiger partial charge in [-0.1, -0.05) is 0 Å².